The van der Waals surface area contributed by atoms with Crippen LogP contribution in [0.25, 0.3) is 0 Å². The van der Waals surface area contributed by atoms with Crippen molar-refractivity contribution in [3.63, 3.8) is 0 Å². The molecule has 1 saturated heterocycles. The minimum absolute atomic E-state index is 0.0429. The van der Waals surface area contributed by atoms with Gasteiger partial charge in [-0.05, 0) is 18.4 Å². The van der Waals surface area contributed by atoms with E-state index in [-0.39, 0.29) is 23.7 Å². The third-order valence-electron chi connectivity index (χ3n) is 3.84. The Morgan fingerprint density at radius 2 is 1.94 bits per heavy atom. The van der Waals surface area contributed by atoms with Crippen LogP contribution in [-0.4, -0.2) is 22.6 Å². The van der Waals surface area contributed by atoms with Gasteiger partial charge in [-0.2, -0.15) is 0 Å². The number of ketones is 1. The summed E-state index contributed by atoms with van der Waals surface area (Å²) in [5.74, 6) is -0.152. The van der Waals surface area contributed by atoms with Crippen molar-refractivity contribution in [3.8, 4) is 0 Å². The molecule has 1 aliphatic carbocycles. The maximum Gasteiger partial charge on any atom is 0.233 e. The van der Waals surface area contributed by atoms with Gasteiger partial charge < -0.3 is 4.90 Å². The molecule has 2 fully saturated rings. The number of hydrogen-bond donors (Lipinski definition) is 0. The summed E-state index contributed by atoms with van der Waals surface area (Å²) in [6, 6.07) is 10.3. The van der Waals surface area contributed by atoms with Gasteiger partial charge in [-0.15, -0.1) is 0 Å². The molecule has 3 nitrogen and oxygen atoms in total. The Bertz CT molecular complexity index is 455. The summed E-state index contributed by atoms with van der Waals surface area (Å²) < 4.78 is 0. The first-order chi connectivity index (χ1) is 8.25. The van der Waals surface area contributed by atoms with E-state index in [1.54, 1.807) is 0 Å². The van der Waals surface area contributed by atoms with Gasteiger partial charge in [0.25, 0.3) is 0 Å². The lowest BCUT2D eigenvalue weighted by Gasteiger charge is -2.24. The molecule has 1 aliphatic heterocycles. The topological polar surface area (TPSA) is 37.4 Å². The predicted molar refractivity (Wildman–Crippen MR) is 63.1 cm³/mol. The lowest BCUT2D eigenvalue weighted by Crippen LogP contribution is -2.32. The first kappa shape index (κ1) is 10.5. The van der Waals surface area contributed by atoms with Crippen molar-refractivity contribution >= 4 is 11.7 Å². The molecule has 2 atom stereocenters. The molecular formula is C14H15NO2. The quantitative estimate of drug-likeness (QED) is 0.725. The van der Waals surface area contributed by atoms with Crippen LogP contribution in [0.5, 0.6) is 0 Å². The maximum atomic E-state index is 12.1. The van der Waals surface area contributed by atoms with E-state index in [0.717, 1.165) is 18.4 Å². The summed E-state index contributed by atoms with van der Waals surface area (Å²) in [7, 11) is 0. The van der Waals surface area contributed by atoms with Crippen LogP contribution in [0.4, 0.5) is 0 Å². The summed E-state index contributed by atoms with van der Waals surface area (Å²) in [5, 5.41) is 0. The Morgan fingerprint density at radius 3 is 2.65 bits per heavy atom. The van der Waals surface area contributed by atoms with Gasteiger partial charge in [-0.3, -0.25) is 9.59 Å². The zero-order valence-corrected chi connectivity index (χ0v) is 9.63. The van der Waals surface area contributed by atoms with Crippen molar-refractivity contribution in [1.29, 1.82) is 0 Å². The van der Waals surface area contributed by atoms with Crippen LogP contribution in [0, 0.1) is 5.92 Å². The van der Waals surface area contributed by atoms with Gasteiger partial charge in [0.2, 0.25) is 5.91 Å². The van der Waals surface area contributed by atoms with Gasteiger partial charge >= 0.3 is 0 Å². The first-order valence-corrected chi connectivity index (χ1v) is 6.13. The molecule has 1 saturated carbocycles. The van der Waals surface area contributed by atoms with E-state index in [4.69, 9.17) is 0 Å². The van der Waals surface area contributed by atoms with Crippen molar-refractivity contribution in [2.45, 2.75) is 31.8 Å². The number of Topliss-reactive ketones (excluding diaryl/α,β-unsaturated/α-hetero) is 1. The second-order valence-electron chi connectivity index (χ2n) is 4.90. The summed E-state index contributed by atoms with van der Waals surface area (Å²) in [6.45, 7) is 0.647. The van der Waals surface area contributed by atoms with Crippen LogP contribution in [0.2, 0.25) is 0 Å². The first-order valence-electron chi connectivity index (χ1n) is 6.13. The average molecular weight is 229 g/mol. The molecule has 0 N–H and O–H groups in total. The Morgan fingerprint density at radius 1 is 1.18 bits per heavy atom. The van der Waals surface area contributed by atoms with Crippen LogP contribution in [0.15, 0.2) is 30.3 Å². The highest BCUT2D eigenvalue weighted by atomic mass is 16.2. The summed E-state index contributed by atoms with van der Waals surface area (Å²) in [5.41, 5.74) is 1.14. The Kier molecular flexibility index (Phi) is 2.46. The van der Waals surface area contributed by atoms with Crippen LogP contribution < -0.4 is 0 Å². The third kappa shape index (κ3) is 1.75. The lowest BCUT2D eigenvalue weighted by atomic mass is 9.89. The molecule has 0 aromatic heterocycles. The van der Waals surface area contributed by atoms with Crippen molar-refractivity contribution < 1.29 is 9.59 Å². The van der Waals surface area contributed by atoms with E-state index in [2.05, 4.69) is 0 Å². The predicted octanol–water partition coefficient (Wildman–Crippen LogP) is 1.77. The minimum Gasteiger partial charge on any atom is -0.335 e. The zero-order chi connectivity index (χ0) is 11.8. The van der Waals surface area contributed by atoms with Crippen LogP contribution in [-0.2, 0) is 16.1 Å². The lowest BCUT2D eigenvalue weighted by molar-refractivity contribution is -0.136. The molecule has 3 heteroatoms. The third-order valence-corrected chi connectivity index (χ3v) is 3.84. The number of carbonyl (C=O) groups excluding carboxylic acids is 2. The SMILES string of the molecule is O=C1CCC2CC1C(=O)N2Cc1ccccc1. The summed E-state index contributed by atoms with van der Waals surface area (Å²) in [4.78, 5) is 25.6. The van der Waals surface area contributed by atoms with Crippen molar-refractivity contribution in [1.82, 2.24) is 4.90 Å². The Hall–Kier alpha value is -1.64. The second kappa shape index (κ2) is 3.99. The van der Waals surface area contributed by atoms with E-state index in [9.17, 15) is 9.59 Å². The minimum atomic E-state index is -0.336. The maximum absolute atomic E-state index is 12.1. The highest BCUT2D eigenvalue weighted by Crippen LogP contribution is 2.35. The number of rotatable bonds is 2. The monoisotopic (exact) mass is 229 g/mol. The normalized spacial score (nSPS) is 27.6. The molecule has 2 bridgehead atoms. The fourth-order valence-corrected chi connectivity index (χ4v) is 2.89. The van der Waals surface area contributed by atoms with Crippen LogP contribution in [0.1, 0.15) is 24.8 Å². The molecule has 88 valence electrons. The van der Waals surface area contributed by atoms with Gasteiger partial charge in [-0.25, -0.2) is 0 Å². The zero-order valence-electron chi connectivity index (χ0n) is 9.63. The summed E-state index contributed by atoms with van der Waals surface area (Å²) in [6.07, 6.45) is 2.16. The van der Waals surface area contributed by atoms with E-state index in [0.29, 0.717) is 13.0 Å². The molecule has 17 heavy (non-hydrogen) atoms. The Labute approximate surface area is 100 Å². The average Bonchev–Trinajstić information content (AvgIpc) is 2.61. The van der Waals surface area contributed by atoms with Gasteiger partial charge in [0.05, 0.1) is 5.92 Å². The number of nitrogens with zero attached hydrogens (tertiary/aromatic N) is 1. The number of amides is 1. The molecule has 1 aromatic carbocycles. The molecule has 1 amide bonds. The molecule has 0 spiro atoms. The van der Waals surface area contributed by atoms with E-state index in [1.807, 2.05) is 35.2 Å². The highest BCUT2D eigenvalue weighted by molar-refractivity contribution is 6.04. The van der Waals surface area contributed by atoms with E-state index in [1.165, 1.54) is 0 Å². The molecule has 1 aromatic rings. The molecule has 2 aliphatic rings. The van der Waals surface area contributed by atoms with Crippen LogP contribution in [0.3, 0.4) is 0 Å². The highest BCUT2D eigenvalue weighted by Gasteiger charge is 2.46. The molecule has 0 radical (unpaired) electrons. The van der Waals surface area contributed by atoms with Crippen LogP contribution >= 0.6 is 0 Å². The number of likely N-dealkylation sites (tertiary alicyclic amines) is 1. The van der Waals surface area contributed by atoms with Crippen molar-refractivity contribution in [3.05, 3.63) is 35.9 Å². The number of carbonyl (C=O) groups is 2. The van der Waals surface area contributed by atoms with Gasteiger partial charge in [-0.1, -0.05) is 30.3 Å². The smallest absolute Gasteiger partial charge is 0.233 e. The van der Waals surface area contributed by atoms with E-state index < -0.39 is 0 Å². The fourth-order valence-electron chi connectivity index (χ4n) is 2.89. The van der Waals surface area contributed by atoms with E-state index >= 15 is 0 Å². The molecular weight excluding hydrogens is 214 g/mol. The van der Waals surface area contributed by atoms with Gasteiger partial charge in [0.1, 0.15) is 5.78 Å². The fraction of sp³-hybridized carbons (Fsp3) is 0.429. The number of hydrogen-bond acceptors (Lipinski definition) is 2. The molecule has 2 unspecified atom stereocenters. The number of fused-ring (bicyclic) bond motifs is 2. The molecule has 1 heterocycles. The standard InChI is InChI=1S/C14H15NO2/c16-13-7-6-11-8-12(13)14(17)15(11)9-10-4-2-1-3-5-10/h1-5,11-12H,6-9H2. The molecule has 3 rings (SSSR count). The summed E-state index contributed by atoms with van der Waals surface area (Å²) >= 11 is 0. The van der Waals surface area contributed by atoms with Gasteiger partial charge in [0.15, 0.2) is 0 Å². The van der Waals surface area contributed by atoms with Crippen molar-refractivity contribution in [2.24, 2.45) is 5.92 Å². The number of benzene rings is 1. The second-order valence-corrected chi connectivity index (χ2v) is 4.90. The van der Waals surface area contributed by atoms with Crippen molar-refractivity contribution in [2.75, 3.05) is 0 Å². The largest absolute Gasteiger partial charge is 0.335 e. The Balaban J connectivity index is 1.81. The van der Waals surface area contributed by atoms with Gasteiger partial charge in [0, 0.05) is 19.0 Å².